The lowest BCUT2D eigenvalue weighted by atomic mass is 9.93. The van der Waals surface area contributed by atoms with Crippen molar-refractivity contribution in [3.05, 3.63) is 28.8 Å². The minimum Gasteiger partial charge on any atom is -0.490 e. The van der Waals surface area contributed by atoms with Crippen LogP contribution in [0.3, 0.4) is 0 Å². The van der Waals surface area contributed by atoms with Crippen LogP contribution in [0.5, 0.6) is 5.75 Å². The van der Waals surface area contributed by atoms with Crippen LogP contribution >= 0.6 is 11.6 Å². The summed E-state index contributed by atoms with van der Waals surface area (Å²) in [5.74, 6) is 0.944. The molecule has 2 nitrogen and oxygen atoms in total. The second-order valence-electron chi connectivity index (χ2n) is 5.07. The number of aryl methyl sites for hydroxylation is 1. The van der Waals surface area contributed by atoms with E-state index in [2.05, 4.69) is 12.2 Å². The van der Waals surface area contributed by atoms with E-state index in [-0.39, 0.29) is 0 Å². The van der Waals surface area contributed by atoms with Gasteiger partial charge < -0.3 is 10.1 Å². The fourth-order valence-corrected chi connectivity index (χ4v) is 2.73. The average Bonchev–Trinajstić information content (AvgIpc) is 2.35. The van der Waals surface area contributed by atoms with Crippen LogP contribution in [0, 0.1) is 6.92 Å². The van der Waals surface area contributed by atoms with Gasteiger partial charge in [-0.15, -0.1) is 0 Å². The maximum absolute atomic E-state index is 6.07. The Labute approximate surface area is 115 Å². The van der Waals surface area contributed by atoms with Crippen molar-refractivity contribution in [3.63, 3.8) is 0 Å². The van der Waals surface area contributed by atoms with E-state index in [0.29, 0.717) is 12.1 Å². The molecule has 1 fully saturated rings. The molecule has 0 aliphatic heterocycles. The lowest BCUT2D eigenvalue weighted by Gasteiger charge is -2.30. The van der Waals surface area contributed by atoms with Crippen LogP contribution in [0.25, 0.3) is 0 Å². The van der Waals surface area contributed by atoms with Gasteiger partial charge in [0, 0.05) is 11.1 Å². The summed E-state index contributed by atoms with van der Waals surface area (Å²) in [6.07, 6.45) is 5.12. The summed E-state index contributed by atoms with van der Waals surface area (Å²) in [5, 5.41) is 4.32. The number of hydrogen-bond donors (Lipinski definition) is 1. The van der Waals surface area contributed by atoms with E-state index in [1.807, 2.05) is 25.1 Å². The highest BCUT2D eigenvalue weighted by Crippen LogP contribution is 2.26. The second-order valence-corrected chi connectivity index (χ2v) is 5.48. The molecule has 1 aromatic carbocycles. The largest absolute Gasteiger partial charge is 0.490 e. The van der Waals surface area contributed by atoms with Gasteiger partial charge in [0.05, 0.1) is 0 Å². The molecule has 2 unspecified atom stereocenters. The summed E-state index contributed by atoms with van der Waals surface area (Å²) in [7, 11) is 0. The Morgan fingerprint density at radius 3 is 2.94 bits per heavy atom. The topological polar surface area (TPSA) is 21.3 Å². The molecule has 0 radical (unpaired) electrons. The van der Waals surface area contributed by atoms with E-state index >= 15 is 0 Å². The van der Waals surface area contributed by atoms with Gasteiger partial charge in [-0.3, -0.25) is 0 Å². The molecule has 0 aromatic heterocycles. The lowest BCUT2D eigenvalue weighted by Crippen LogP contribution is -2.37. The first-order valence-corrected chi connectivity index (χ1v) is 7.23. The fourth-order valence-electron chi connectivity index (χ4n) is 2.61. The van der Waals surface area contributed by atoms with Crippen LogP contribution in [0.1, 0.15) is 38.2 Å². The van der Waals surface area contributed by atoms with Gasteiger partial charge >= 0.3 is 0 Å². The molecule has 2 atom stereocenters. The monoisotopic (exact) mass is 267 g/mol. The van der Waals surface area contributed by atoms with Gasteiger partial charge in [-0.2, -0.15) is 0 Å². The standard InChI is InChI=1S/C15H22ClNO/c1-3-17-12-5-4-6-13(10-12)18-14-7-8-15(16)11(2)9-14/h7-9,12-13,17H,3-6,10H2,1-2H3. The van der Waals surface area contributed by atoms with Gasteiger partial charge in [0.2, 0.25) is 0 Å². The Hall–Kier alpha value is -0.730. The Bertz CT molecular complexity index is 392. The van der Waals surface area contributed by atoms with Crippen molar-refractivity contribution in [3.8, 4) is 5.75 Å². The SMILES string of the molecule is CCNC1CCCC(Oc2ccc(Cl)c(C)c2)C1. The Morgan fingerprint density at radius 2 is 2.22 bits per heavy atom. The molecule has 1 saturated carbocycles. The summed E-state index contributed by atoms with van der Waals surface area (Å²) in [4.78, 5) is 0. The van der Waals surface area contributed by atoms with Gasteiger partial charge in [-0.25, -0.2) is 0 Å². The fraction of sp³-hybridized carbons (Fsp3) is 0.600. The van der Waals surface area contributed by atoms with Crippen molar-refractivity contribution in [1.82, 2.24) is 5.32 Å². The van der Waals surface area contributed by atoms with E-state index in [1.165, 1.54) is 12.8 Å². The normalized spacial score (nSPS) is 23.9. The van der Waals surface area contributed by atoms with Crippen LogP contribution < -0.4 is 10.1 Å². The summed E-state index contributed by atoms with van der Waals surface area (Å²) in [6, 6.07) is 6.52. The van der Waals surface area contributed by atoms with E-state index in [4.69, 9.17) is 16.3 Å². The van der Waals surface area contributed by atoms with Crippen molar-refractivity contribution >= 4 is 11.6 Å². The zero-order valence-electron chi connectivity index (χ0n) is 11.2. The molecule has 100 valence electrons. The van der Waals surface area contributed by atoms with Crippen molar-refractivity contribution in [1.29, 1.82) is 0 Å². The molecular formula is C15H22ClNO. The maximum Gasteiger partial charge on any atom is 0.120 e. The summed E-state index contributed by atoms with van der Waals surface area (Å²) in [6.45, 7) is 5.21. The van der Waals surface area contributed by atoms with Crippen LogP contribution in [-0.2, 0) is 0 Å². The van der Waals surface area contributed by atoms with Crippen LogP contribution in [-0.4, -0.2) is 18.7 Å². The number of hydrogen-bond acceptors (Lipinski definition) is 2. The quantitative estimate of drug-likeness (QED) is 0.892. The molecule has 1 N–H and O–H groups in total. The number of halogens is 1. The Balaban J connectivity index is 1.93. The van der Waals surface area contributed by atoms with Crippen molar-refractivity contribution in [2.24, 2.45) is 0 Å². The molecule has 18 heavy (non-hydrogen) atoms. The van der Waals surface area contributed by atoms with E-state index in [9.17, 15) is 0 Å². The molecule has 3 heteroatoms. The van der Waals surface area contributed by atoms with Gasteiger partial charge in [0.15, 0.2) is 0 Å². The van der Waals surface area contributed by atoms with Crippen molar-refractivity contribution in [2.75, 3.05) is 6.54 Å². The Kier molecular flexibility index (Phi) is 4.90. The molecular weight excluding hydrogens is 246 g/mol. The lowest BCUT2D eigenvalue weighted by molar-refractivity contribution is 0.135. The van der Waals surface area contributed by atoms with Crippen LogP contribution in [0.2, 0.25) is 5.02 Å². The van der Waals surface area contributed by atoms with E-state index in [0.717, 1.165) is 35.7 Å². The third-order valence-electron chi connectivity index (χ3n) is 3.55. The molecule has 0 heterocycles. The number of ether oxygens (including phenoxy) is 1. The summed E-state index contributed by atoms with van der Waals surface area (Å²) in [5.41, 5.74) is 1.08. The van der Waals surface area contributed by atoms with E-state index < -0.39 is 0 Å². The number of rotatable bonds is 4. The first kappa shape index (κ1) is 13.7. The molecule has 0 spiro atoms. The molecule has 1 aliphatic rings. The van der Waals surface area contributed by atoms with Gasteiger partial charge in [0.1, 0.15) is 11.9 Å². The van der Waals surface area contributed by atoms with Crippen LogP contribution in [0.4, 0.5) is 0 Å². The summed E-state index contributed by atoms with van der Waals surface area (Å²) < 4.78 is 6.07. The molecule has 1 aromatic rings. The van der Waals surface area contributed by atoms with Crippen LogP contribution in [0.15, 0.2) is 18.2 Å². The average molecular weight is 268 g/mol. The predicted molar refractivity (Wildman–Crippen MR) is 76.5 cm³/mol. The van der Waals surface area contributed by atoms with Crippen molar-refractivity contribution < 1.29 is 4.74 Å². The zero-order valence-corrected chi connectivity index (χ0v) is 12.0. The summed E-state index contributed by atoms with van der Waals surface area (Å²) >= 11 is 6.02. The number of benzene rings is 1. The third kappa shape index (κ3) is 3.63. The second kappa shape index (κ2) is 6.44. The first-order valence-electron chi connectivity index (χ1n) is 6.85. The maximum atomic E-state index is 6.07. The van der Waals surface area contributed by atoms with Gasteiger partial charge in [-0.05, 0) is 62.9 Å². The minimum absolute atomic E-state index is 0.336. The minimum atomic E-state index is 0.336. The van der Waals surface area contributed by atoms with Gasteiger partial charge in [0.25, 0.3) is 0 Å². The molecule has 1 aliphatic carbocycles. The predicted octanol–water partition coefficient (Wildman–Crippen LogP) is 3.95. The number of nitrogens with one attached hydrogen (secondary N) is 1. The highest BCUT2D eigenvalue weighted by Gasteiger charge is 2.22. The van der Waals surface area contributed by atoms with E-state index in [1.54, 1.807) is 0 Å². The Morgan fingerprint density at radius 1 is 1.39 bits per heavy atom. The third-order valence-corrected chi connectivity index (χ3v) is 3.98. The van der Waals surface area contributed by atoms with Crippen molar-refractivity contribution in [2.45, 2.75) is 51.7 Å². The molecule has 0 amide bonds. The highest BCUT2D eigenvalue weighted by atomic mass is 35.5. The molecule has 0 bridgehead atoms. The molecule has 2 rings (SSSR count). The highest BCUT2D eigenvalue weighted by molar-refractivity contribution is 6.31. The van der Waals surface area contributed by atoms with Gasteiger partial charge in [-0.1, -0.05) is 18.5 Å². The smallest absolute Gasteiger partial charge is 0.120 e. The first-order chi connectivity index (χ1) is 8.69. The zero-order chi connectivity index (χ0) is 13.0. The molecule has 0 saturated heterocycles.